The molecule has 22 heavy (non-hydrogen) atoms. The summed E-state index contributed by atoms with van der Waals surface area (Å²) in [4.78, 5) is 27.0. The number of H-pyrrole nitrogens is 1. The van der Waals surface area contributed by atoms with Crippen molar-refractivity contribution in [2.75, 3.05) is 6.61 Å². The number of hydrogen-bond acceptors (Lipinski definition) is 3. The Morgan fingerprint density at radius 3 is 2.73 bits per heavy atom. The molecular weight excluding hydrogens is 280 g/mol. The van der Waals surface area contributed by atoms with Crippen LogP contribution in [0.25, 0.3) is 0 Å². The summed E-state index contributed by atoms with van der Waals surface area (Å²) in [5.74, 6) is 0.930. The van der Waals surface area contributed by atoms with E-state index in [-0.39, 0.29) is 17.3 Å². The molecule has 5 heteroatoms. The lowest BCUT2D eigenvalue weighted by Crippen LogP contribution is -2.32. The first kappa shape index (κ1) is 16.6. The Hall–Kier alpha value is -1.78. The zero-order valence-electron chi connectivity index (χ0n) is 13.5. The standard InChI is InChI=1S/C17H26N2O3/c1-12(2)11-22-16-10-18-14(8-15(16)20)9-19-17(21)13-6-4-3-5-7-13/h8,10,12-13H,3-7,9,11H2,1-2H3,(H,18,20)(H,19,21). The highest BCUT2D eigenvalue weighted by Gasteiger charge is 2.20. The molecule has 0 atom stereocenters. The van der Waals surface area contributed by atoms with E-state index in [1.807, 2.05) is 13.8 Å². The molecular formula is C17H26N2O3. The van der Waals surface area contributed by atoms with Crippen LogP contribution < -0.4 is 15.5 Å². The van der Waals surface area contributed by atoms with Gasteiger partial charge >= 0.3 is 0 Å². The first-order valence-corrected chi connectivity index (χ1v) is 8.18. The molecule has 0 saturated heterocycles. The zero-order chi connectivity index (χ0) is 15.9. The molecule has 0 bridgehead atoms. The van der Waals surface area contributed by atoms with Crippen molar-refractivity contribution in [3.63, 3.8) is 0 Å². The van der Waals surface area contributed by atoms with Crippen molar-refractivity contribution in [2.24, 2.45) is 11.8 Å². The van der Waals surface area contributed by atoms with E-state index in [0.29, 0.717) is 30.5 Å². The van der Waals surface area contributed by atoms with E-state index < -0.39 is 0 Å². The van der Waals surface area contributed by atoms with Gasteiger partial charge in [0.25, 0.3) is 0 Å². The van der Waals surface area contributed by atoms with Crippen LogP contribution in [0, 0.1) is 11.8 Å². The number of carbonyl (C=O) groups is 1. The molecule has 1 aromatic heterocycles. The van der Waals surface area contributed by atoms with Gasteiger partial charge in [-0.25, -0.2) is 0 Å². The van der Waals surface area contributed by atoms with Crippen molar-refractivity contribution in [3.05, 3.63) is 28.2 Å². The molecule has 122 valence electrons. The van der Waals surface area contributed by atoms with Crippen LogP contribution in [0.2, 0.25) is 0 Å². The highest BCUT2D eigenvalue weighted by atomic mass is 16.5. The lowest BCUT2D eigenvalue weighted by molar-refractivity contribution is -0.126. The monoisotopic (exact) mass is 306 g/mol. The molecule has 0 unspecified atom stereocenters. The number of nitrogens with one attached hydrogen (secondary N) is 2. The molecule has 0 radical (unpaired) electrons. The summed E-state index contributed by atoms with van der Waals surface area (Å²) in [6, 6.07) is 1.50. The van der Waals surface area contributed by atoms with Crippen molar-refractivity contribution >= 4 is 5.91 Å². The lowest BCUT2D eigenvalue weighted by atomic mass is 9.89. The Morgan fingerprint density at radius 1 is 1.36 bits per heavy atom. The summed E-state index contributed by atoms with van der Waals surface area (Å²) in [6.07, 6.45) is 7.03. The summed E-state index contributed by atoms with van der Waals surface area (Å²) in [5, 5.41) is 2.92. The van der Waals surface area contributed by atoms with Gasteiger partial charge in [0.05, 0.1) is 13.2 Å². The quantitative estimate of drug-likeness (QED) is 0.848. The smallest absolute Gasteiger partial charge is 0.223 e. The van der Waals surface area contributed by atoms with Crippen LogP contribution in [0.4, 0.5) is 0 Å². The minimum absolute atomic E-state index is 0.0979. The second kappa shape index (κ2) is 8.01. The average molecular weight is 306 g/mol. The Balaban J connectivity index is 1.86. The van der Waals surface area contributed by atoms with Crippen molar-refractivity contribution < 1.29 is 9.53 Å². The SMILES string of the molecule is CC(C)COc1c[nH]c(CNC(=O)C2CCCCC2)cc1=O. The van der Waals surface area contributed by atoms with Crippen LogP contribution in [0.5, 0.6) is 5.75 Å². The topological polar surface area (TPSA) is 71.2 Å². The second-order valence-electron chi connectivity index (χ2n) is 6.44. The van der Waals surface area contributed by atoms with E-state index in [1.165, 1.54) is 12.5 Å². The van der Waals surface area contributed by atoms with Crippen molar-refractivity contribution in [2.45, 2.75) is 52.5 Å². The number of ether oxygens (including phenoxy) is 1. The maximum absolute atomic E-state index is 12.1. The van der Waals surface area contributed by atoms with Crippen LogP contribution >= 0.6 is 0 Å². The normalized spacial score (nSPS) is 15.8. The largest absolute Gasteiger partial charge is 0.488 e. The van der Waals surface area contributed by atoms with Gasteiger partial charge < -0.3 is 15.0 Å². The van der Waals surface area contributed by atoms with Crippen LogP contribution in [0.15, 0.2) is 17.1 Å². The molecule has 1 aliphatic rings. The third-order valence-electron chi connectivity index (χ3n) is 3.94. The van der Waals surface area contributed by atoms with E-state index >= 15 is 0 Å². The number of aromatic nitrogens is 1. The molecule has 1 amide bonds. The average Bonchev–Trinajstić information content (AvgIpc) is 2.52. The van der Waals surface area contributed by atoms with E-state index in [1.54, 1.807) is 6.20 Å². The number of amides is 1. The first-order valence-electron chi connectivity index (χ1n) is 8.18. The number of rotatable bonds is 6. The number of hydrogen-bond donors (Lipinski definition) is 2. The predicted octanol–water partition coefficient (Wildman–Crippen LogP) is 2.61. The number of pyridine rings is 1. The van der Waals surface area contributed by atoms with Gasteiger partial charge in [0.15, 0.2) is 5.75 Å². The molecule has 0 aliphatic heterocycles. The van der Waals surface area contributed by atoms with Crippen LogP contribution in [-0.4, -0.2) is 17.5 Å². The Bertz CT molecular complexity index is 545. The van der Waals surface area contributed by atoms with Gasteiger partial charge in [-0.05, 0) is 18.8 Å². The van der Waals surface area contributed by atoms with E-state index in [2.05, 4.69) is 10.3 Å². The van der Waals surface area contributed by atoms with Gasteiger partial charge in [0.2, 0.25) is 11.3 Å². The fraction of sp³-hybridized carbons (Fsp3) is 0.647. The van der Waals surface area contributed by atoms with Gasteiger partial charge in [-0.3, -0.25) is 9.59 Å². The maximum atomic E-state index is 12.1. The molecule has 0 spiro atoms. The van der Waals surface area contributed by atoms with E-state index in [4.69, 9.17) is 4.74 Å². The van der Waals surface area contributed by atoms with Gasteiger partial charge in [-0.2, -0.15) is 0 Å². The molecule has 1 aromatic rings. The predicted molar refractivity (Wildman–Crippen MR) is 85.8 cm³/mol. The van der Waals surface area contributed by atoms with E-state index in [0.717, 1.165) is 25.7 Å². The molecule has 1 aliphatic carbocycles. The highest BCUT2D eigenvalue weighted by Crippen LogP contribution is 2.23. The molecule has 1 heterocycles. The number of aromatic amines is 1. The fourth-order valence-electron chi connectivity index (χ4n) is 2.66. The summed E-state index contributed by atoms with van der Waals surface area (Å²) in [5.41, 5.74) is 0.548. The molecule has 1 fully saturated rings. The molecule has 2 N–H and O–H groups in total. The maximum Gasteiger partial charge on any atom is 0.223 e. The van der Waals surface area contributed by atoms with Gasteiger partial charge in [-0.1, -0.05) is 33.1 Å². The van der Waals surface area contributed by atoms with Gasteiger partial charge in [-0.15, -0.1) is 0 Å². The Kier molecular flexibility index (Phi) is 6.04. The van der Waals surface area contributed by atoms with Crippen molar-refractivity contribution in [1.82, 2.24) is 10.3 Å². The molecule has 0 aromatic carbocycles. The molecule has 1 saturated carbocycles. The highest BCUT2D eigenvalue weighted by molar-refractivity contribution is 5.78. The Labute approximate surface area is 131 Å². The van der Waals surface area contributed by atoms with Gasteiger partial charge in [0, 0.05) is 23.9 Å². The second-order valence-corrected chi connectivity index (χ2v) is 6.44. The summed E-state index contributed by atoms with van der Waals surface area (Å²) >= 11 is 0. The summed E-state index contributed by atoms with van der Waals surface area (Å²) < 4.78 is 5.44. The third-order valence-corrected chi connectivity index (χ3v) is 3.94. The zero-order valence-corrected chi connectivity index (χ0v) is 13.5. The third kappa shape index (κ3) is 4.90. The number of carbonyl (C=O) groups excluding carboxylic acids is 1. The van der Waals surface area contributed by atoms with Gasteiger partial charge in [0.1, 0.15) is 0 Å². The molecule has 5 nitrogen and oxygen atoms in total. The van der Waals surface area contributed by atoms with Crippen molar-refractivity contribution in [3.8, 4) is 5.75 Å². The minimum Gasteiger partial charge on any atom is -0.488 e. The molecule has 2 rings (SSSR count). The lowest BCUT2D eigenvalue weighted by Gasteiger charge is -2.20. The van der Waals surface area contributed by atoms with Crippen LogP contribution in [-0.2, 0) is 11.3 Å². The Morgan fingerprint density at radius 2 is 2.09 bits per heavy atom. The summed E-state index contributed by atoms with van der Waals surface area (Å²) in [7, 11) is 0. The first-order chi connectivity index (χ1) is 10.6. The van der Waals surface area contributed by atoms with Crippen LogP contribution in [0.1, 0.15) is 51.6 Å². The summed E-state index contributed by atoms with van der Waals surface area (Å²) in [6.45, 7) is 4.93. The fourth-order valence-corrected chi connectivity index (χ4v) is 2.66. The van der Waals surface area contributed by atoms with Crippen LogP contribution in [0.3, 0.4) is 0 Å². The van der Waals surface area contributed by atoms with E-state index in [9.17, 15) is 9.59 Å². The minimum atomic E-state index is -0.152. The van der Waals surface area contributed by atoms with Crippen molar-refractivity contribution in [1.29, 1.82) is 0 Å².